The van der Waals surface area contributed by atoms with Crippen LogP contribution in [0.4, 0.5) is 0 Å². The molecule has 2 aromatic rings. The van der Waals surface area contributed by atoms with Crippen molar-refractivity contribution in [2.24, 2.45) is 0 Å². The van der Waals surface area contributed by atoms with Gasteiger partial charge in [-0.25, -0.2) is 0 Å². The second kappa shape index (κ2) is 5.19. The molecule has 1 aromatic heterocycles. The Hall–Kier alpha value is -1.38. The van der Waals surface area contributed by atoms with Gasteiger partial charge in [-0.3, -0.25) is 4.98 Å². The lowest BCUT2D eigenvalue weighted by Gasteiger charge is -2.27. The van der Waals surface area contributed by atoms with E-state index in [9.17, 15) is 0 Å². The van der Waals surface area contributed by atoms with E-state index in [-0.39, 0.29) is 5.54 Å². The summed E-state index contributed by atoms with van der Waals surface area (Å²) < 4.78 is 0. The molecule has 1 fully saturated rings. The summed E-state index contributed by atoms with van der Waals surface area (Å²) in [5, 5.41) is 4.57. The van der Waals surface area contributed by atoms with Crippen LogP contribution in [0.2, 0.25) is 5.02 Å². The lowest BCUT2D eigenvalue weighted by atomic mass is 9.83. The summed E-state index contributed by atoms with van der Waals surface area (Å²) in [6.07, 6.45) is 4.79. The van der Waals surface area contributed by atoms with E-state index in [1.807, 2.05) is 24.5 Å². The molecule has 0 spiro atoms. The first-order chi connectivity index (χ1) is 9.58. The molecule has 2 atom stereocenters. The van der Waals surface area contributed by atoms with Crippen LogP contribution in [0.25, 0.3) is 0 Å². The van der Waals surface area contributed by atoms with Gasteiger partial charge >= 0.3 is 0 Å². The zero-order valence-corrected chi connectivity index (χ0v) is 12.6. The van der Waals surface area contributed by atoms with Gasteiger partial charge in [0.2, 0.25) is 0 Å². The number of halogens is 1. The van der Waals surface area contributed by atoms with Crippen LogP contribution >= 0.6 is 11.6 Å². The molecule has 1 saturated heterocycles. The average Bonchev–Trinajstić information content (AvgIpc) is 2.76. The Bertz CT molecular complexity index is 595. The van der Waals surface area contributed by atoms with Crippen molar-refractivity contribution in [3.63, 3.8) is 0 Å². The molecule has 0 aliphatic carbocycles. The first kappa shape index (κ1) is 13.6. The second-order valence-electron chi connectivity index (χ2n) is 6.01. The van der Waals surface area contributed by atoms with Crippen molar-refractivity contribution >= 4 is 11.6 Å². The van der Waals surface area contributed by atoms with E-state index >= 15 is 0 Å². The summed E-state index contributed by atoms with van der Waals surface area (Å²) >= 11 is 6.34. The normalized spacial score (nSPS) is 24.8. The fourth-order valence-electron chi connectivity index (χ4n) is 3.25. The molecule has 0 bridgehead atoms. The largest absolute Gasteiger partial charge is 0.304 e. The van der Waals surface area contributed by atoms with Gasteiger partial charge < -0.3 is 5.32 Å². The number of hydrogen-bond donors (Lipinski definition) is 1. The molecule has 2 nitrogen and oxygen atoms in total. The summed E-state index contributed by atoms with van der Waals surface area (Å²) in [7, 11) is 0. The number of benzene rings is 1. The summed E-state index contributed by atoms with van der Waals surface area (Å²) in [6.45, 7) is 4.52. The van der Waals surface area contributed by atoms with E-state index in [0.717, 1.165) is 11.4 Å². The second-order valence-corrected chi connectivity index (χ2v) is 6.42. The van der Waals surface area contributed by atoms with Gasteiger partial charge in [-0.05, 0) is 49.6 Å². The molecule has 0 radical (unpaired) electrons. The third-order valence-corrected chi connectivity index (χ3v) is 4.62. The molecule has 3 rings (SSSR count). The fourth-order valence-corrected chi connectivity index (χ4v) is 3.52. The summed E-state index contributed by atoms with van der Waals surface area (Å²) in [5.74, 6) is 0.465. The smallest absolute Gasteiger partial charge is 0.0453 e. The minimum absolute atomic E-state index is 0.0468. The van der Waals surface area contributed by atoms with Gasteiger partial charge in [0, 0.05) is 34.9 Å². The maximum atomic E-state index is 6.34. The molecule has 0 unspecified atom stereocenters. The molecule has 104 valence electrons. The molecule has 1 aliphatic rings. The number of nitrogens with zero attached hydrogens (tertiary/aromatic N) is 1. The Morgan fingerprint density at radius 3 is 2.55 bits per heavy atom. The minimum atomic E-state index is 0.0468. The van der Waals surface area contributed by atoms with E-state index in [1.165, 1.54) is 11.1 Å². The zero-order chi connectivity index (χ0) is 14.2. The first-order valence-electron chi connectivity index (χ1n) is 7.00. The van der Waals surface area contributed by atoms with Crippen LogP contribution in [0.3, 0.4) is 0 Å². The van der Waals surface area contributed by atoms with E-state index in [2.05, 4.69) is 48.4 Å². The molecule has 1 aliphatic heterocycles. The Labute approximate surface area is 125 Å². The number of aromatic nitrogens is 1. The van der Waals surface area contributed by atoms with Gasteiger partial charge in [-0.1, -0.05) is 29.8 Å². The highest BCUT2D eigenvalue weighted by atomic mass is 35.5. The molecule has 20 heavy (non-hydrogen) atoms. The van der Waals surface area contributed by atoms with E-state index in [4.69, 9.17) is 11.6 Å². The Morgan fingerprint density at radius 1 is 1.15 bits per heavy atom. The monoisotopic (exact) mass is 286 g/mol. The van der Waals surface area contributed by atoms with E-state index in [0.29, 0.717) is 12.0 Å². The van der Waals surface area contributed by atoms with Crippen LogP contribution in [0.15, 0.2) is 48.8 Å². The van der Waals surface area contributed by atoms with E-state index < -0.39 is 0 Å². The standard InChI is InChI=1S/C17H19ClN2/c1-17(2)14(12-7-9-19-10-8-12)11-16(20-17)13-5-3-4-6-15(13)18/h3-10,14,16,20H,11H2,1-2H3/t14-,16+/m0/s1. The van der Waals surface area contributed by atoms with Crippen molar-refractivity contribution < 1.29 is 0 Å². The van der Waals surface area contributed by atoms with Gasteiger partial charge in [0.25, 0.3) is 0 Å². The van der Waals surface area contributed by atoms with Crippen molar-refractivity contribution in [2.75, 3.05) is 0 Å². The minimum Gasteiger partial charge on any atom is -0.304 e. The van der Waals surface area contributed by atoms with Crippen molar-refractivity contribution in [2.45, 2.75) is 37.8 Å². The third-order valence-electron chi connectivity index (χ3n) is 4.28. The van der Waals surface area contributed by atoms with Crippen LogP contribution in [-0.2, 0) is 0 Å². The van der Waals surface area contributed by atoms with Crippen molar-refractivity contribution in [1.29, 1.82) is 0 Å². The highest BCUT2D eigenvalue weighted by Crippen LogP contribution is 2.44. The summed E-state index contributed by atoms with van der Waals surface area (Å²) in [4.78, 5) is 4.11. The summed E-state index contributed by atoms with van der Waals surface area (Å²) in [6, 6.07) is 12.6. The molecule has 3 heteroatoms. The third kappa shape index (κ3) is 2.46. The molecular weight excluding hydrogens is 268 g/mol. The quantitative estimate of drug-likeness (QED) is 0.889. The van der Waals surface area contributed by atoms with Gasteiger partial charge in [0.05, 0.1) is 0 Å². The molecule has 2 heterocycles. The van der Waals surface area contributed by atoms with Crippen LogP contribution in [0, 0.1) is 0 Å². The fraction of sp³-hybridized carbons (Fsp3) is 0.353. The first-order valence-corrected chi connectivity index (χ1v) is 7.38. The van der Waals surface area contributed by atoms with Crippen LogP contribution in [-0.4, -0.2) is 10.5 Å². The molecule has 0 amide bonds. The topological polar surface area (TPSA) is 24.9 Å². The van der Waals surface area contributed by atoms with Gasteiger partial charge in [-0.2, -0.15) is 0 Å². The highest BCUT2D eigenvalue weighted by molar-refractivity contribution is 6.31. The highest BCUT2D eigenvalue weighted by Gasteiger charge is 2.41. The summed E-state index contributed by atoms with van der Waals surface area (Å²) in [5.41, 5.74) is 2.58. The molecule has 0 saturated carbocycles. The Kier molecular flexibility index (Phi) is 3.53. The molecule has 1 N–H and O–H groups in total. The number of hydrogen-bond acceptors (Lipinski definition) is 2. The van der Waals surface area contributed by atoms with Gasteiger partial charge in [0.15, 0.2) is 0 Å². The van der Waals surface area contributed by atoms with Crippen LogP contribution < -0.4 is 5.32 Å². The SMILES string of the molecule is CC1(C)N[C@@H](c2ccccc2Cl)C[C@H]1c1ccncc1. The Balaban J connectivity index is 1.91. The maximum Gasteiger partial charge on any atom is 0.0453 e. The van der Waals surface area contributed by atoms with Crippen molar-refractivity contribution in [1.82, 2.24) is 10.3 Å². The van der Waals surface area contributed by atoms with Crippen LogP contribution in [0.1, 0.15) is 43.4 Å². The maximum absolute atomic E-state index is 6.34. The Morgan fingerprint density at radius 2 is 1.85 bits per heavy atom. The average molecular weight is 287 g/mol. The van der Waals surface area contributed by atoms with Crippen LogP contribution in [0.5, 0.6) is 0 Å². The number of rotatable bonds is 2. The van der Waals surface area contributed by atoms with Gasteiger partial charge in [-0.15, -0.1) is 0 Å². The lowest BCUT2D eigenvalue weighted by Crippen LogP contribution is -2.37. The predicted molar refractivity (Wildman–Crippen MR) is 83.0 cm³/mol. The number of nitrogens with one attached hydrogen (secondary N) is 1. The van der Waals surface area contributed by atoms with E-state index in [1.54, 1.807) is 0 Å². The predicted octanol–water partition coefficient (Wildman–Crippen LogP) is 4.33. The van der Waals surface area contributed by atoms with Crippen molar-refractivity contribution in [3.05, 3.63) is 64.9 Å². The number of pyridine rings is 1. The zero-order valence-electron chi connectivity index (χ0n) is 11.8. The van der Waals surface area contributed by atoms with Gasteiger partial charge in [0.1, 0.15) is 0 Å². The van der Waals surface area contributed by atoms with Crippen molar-refractivity contribution in [3.8, 4) is 0 Å². The lowest BCUT2D eigenvalue weighted by molar-refractivity contribution is 0.397. The molecular formula is C17H19ClN2. The molecule has 1 aromatic carbocycles.